The molecule has 0 N–H and O–H groups in total. The van der Waals surface area contributed by atoms with E-state index >= 15 is 0 Å². The lowest BCUT2D eigenvalue weighted by molar-refractivity contribution is 1.18. The fraction of sp³-hybridized carbons (Fsp3) is 0. The third kappa shape index (κ3) is 3.14. The van der Waals surface area contributed by atoms with Crippen molar-refractivity contribution in [2.45, 2.75) is 0 Å². The van der Waals surface area contributed by atoms with E-state index in [0.29, 0.717) is 0 Å². The van der Waals surface area contributed by atoms with Crippen LogP contribution in [-0.4, -0.2) is 9.97 Å². The zero-order valence-corrected chi connectivity index (χ0v) is 19.6. The Morgan fingerprint density at radius 1 is 0.485 bits per heavy atom. The van der Waals surface area contributed by atoms with Crippen LogP contribution < -0.4 is 0 Å². The van der Waals surface area contributed by atoms with Crippen molar-refractivity contribution in [3.63, 3.8) is 0 Å². The van der Waals surface area contributed by atoms with Crippen molar-refractivity contribution in [3.05, 3.63) is 96.3 Å². The van der Waals surface area contributed by atoms with Gasteiger partial charge in [0.05, 0.1) is 11.4 Å². The number of nitrogens with zero attached hydrogens (tertiary/aromatic N) is 2. The highest BCUT2D eigenvalue weighted by atomic mass is 35.5. The highest BCUT2D eigenvalue weighted by Gasteiger charge is 2.12. The molecular weight excluding hydrogens is 464 g/mol. The maximum Gasteiger partial charge on any atom is 0.223 e. The topological polar surface area (TPSA) is 25.8 Å². The Hall–Kier alpha value is -3.31. The molecule has 5 heteroatoms. The van der Waals surface area contributed by atoms with Crippen molar-refractivity contribution in [1.82, 2.24) is 9.97 Å². The third-order valence-electron chi connectivity index (χ3n) is 6.05. The molecule has 0 saturated heterocycles. The number of rotatable bonds is 2. The van der Waals surface area contributed by atoms with Gasteiger partial charge in [-0.1, -0.05) is 60.7 Å². The van der Waals surface area contributed by atoms with Gasteiger partial charge in [-0.25, -0.2) is 9.97 Å². The van der Waals surface area contributed by atoms with Crippen molar-refractivity contribution >= 4 is 74.6 Å². The molecule has 156 valence electrons. The van der Waals surface area contributed by atoms with Gasteiger partial charge in [0.2, 0.25) is 5.28 Å². The average Bonchev–Trinajstić information content (AvgIpc) is 3.40. The summed E-state index contributed by atoms with van der Waals surface area (Å²) in [5, 5.41) is 5.39. The quantitative estimate of drug-likeness (QED) is 0.231. The van der Waals surface area contributed by atoms with Crippen LogP contribution in [0.15, 0.2) is 91.0 Å². The summed E-state index contributed by atoms with van der Waals surface area (Å²) in [6.45, 7) is 0. The lowest BCUT2D eigenvalue weighted by atomic mass is 10.0. The normalized spacial score (nSPS) is 11.8. The second-order valence-electron chi connectivity index (χ2n) is 8.03. The third-order valence-corrected chi connectivity index (χ3v) is 8.48. The minimum atomic E-state index is 0.260. The summed E-state index contributed by atoms with van der Waals surface area (Å²) in [5.74, 6) is 0. The number of thiophene rings is 2. The Labute approximate surface area is 202 Å². The Morgan fingerprint density at radius 2 is 0.939 bits per heavy atom. The van der Waals surface area contributed by atoms with Gasteiger partial charge in [-0.2, -0.15) is 0 Å². The molecule has 0 saturated carbocycles. The fourth-order valence-electron chi connectivity index (χ4n) is 4.48. The van der Waals surface area contributed by atoms with E-state index < -0.39 is 0 Å². The smallest absolute Gasteiger partial charge is 0.218 e. The summed E-state index contributed by atoms with van der Waals surface area (Å²) in [5.41, 5.74) is 3.76. The summed E-state index contributed by atoms with van der Waals surface area (Å²) >= 11 is 10.0. The molecule has 0 bridgehead atoms. The lowest BCUT2D eigenvalue weighted by Gasteiger charge is -2.07. The number of hydrogen-bond donors (Lipinski definition) is 0. The molecule has 7 rings (SSSR count). The fourth-order valence-corrected chi connectivity index (χ4v) is 6.96. The number of hydrogen-bond acceptors (Lipinski definition) is 4. The van der Waals surface area contributed by atoms with Crippen molar-refractivity contribution < 1.29 is 0 Å². The van der Waals surface area contributed by atoms with Gasteiger partial charge in [0, 0.05) is 51.5 Å². The van der Waals surface area contributed by atoms with E-state index in [1.54, 1.807) is 22.7 Å². The first-order chi connectivity index (χ1) is 16.2. The predicted molar refractivity (Wildman–Crippen MR) is 144 cm³/mol. The largest absolute Gasteiger partial charge is 0.223 e. The summed E-state index contributed by atoms with van der Waals surface area (Å²) < 4.78 is 5.08. The van der Waals surface area contributed by atoms with Gasteiger partial charge in [-0.3, -0.25) is 0 Å². The van der Waals surface area contributed by atoms with Crippen LogP contribution in [0.5, 0.6) is 0 Å². The molecular formula is C28H15ClN2S2. The maximum atomic E-state index is 6.40. The van der Waals surface area contributed by atoms with Crippen molar-refractivity contribution in [1.29, 1.82) is 0 Å². The lowest BCUT2D eigenvalue weighted by Crippen LogP contribution is -1.91. The SMILES string of the molecule is Clc1nc(-c2ccc3c(c2)sc2ccccc23)cc(-c2ccc3c(c2)sc2ccccc23)n1. The molecule has 0 amide bonds. The molecule has 0 spiro atoms. The van der Waals surface area contributed by atoms with E-state index in [0.717, 1.165) is 22.5 Å². The summed E-state index contributed by atoms with van der Waals surface area (Å²) in [6, 6.07) is 32.1. The molecule has 33 heavy (non-hydrogen) atoms. The molecule has 4 aromatic carbocycles. The Bertz CT molecular complexity index is 1720. The van der Waals surface area contributed by atoms with Crippen LogP contribution in [0.1, 0.15) is 0 Å². The maximum absolute atomic E-state index is 6.40. The summed E-state index contributed by atoms with van der Waals surface area (Å²) in [7, 11) is 0. The molecule has 3 heterocycles. The van der Waals surface area contributed by atoms with Gasteiger partial charge in [0.1, 0.15) is 0 Å². The Balaban J connectivity index is 1.36. The van der Waals surface area contributed by atoms with Gasteiger partial charge in [0.25, 0.3) is 0 Å². The van der Waals surface area contributed by atoms with Gasteiger partial charge in [-0.05, 0) is 41.9 Å². The molecule has 2 nitrogen and oxygen atoms in total. The van der Waals surface area contributed by atoms with Crippen molar-refractivity contribution in [3.8, 4) is 22.5 Å². The standard InChI is InChI=1S/C28H15ClN2S2/c29-28-30-22(16-9-11-20-18-5-1-3-7-24(18)32-26(20)13-16)15-23(31-28)17-10-12-21-19-6-2-4-8-25(19)33-27(21)14-17/h1-15H. The number of halogens is 1. The molecule has 0 aliphatic carbocycles. The Morgan fingerprint density at radius 3 is 1.45 bits per heavy atom. The molecule has 3 aromatic heterocycles. The van der Waals surface area contributed by atoms with Crippen LogP contribution in [0.2, 0.25) is 5.28 Å². The molecule has 0 radical (unpaired) electrons. The summed E-state index contributed by atoms with van der Waals surface area (Å²) in [4.78, 5) is 9.10. The van der Waals surface area contributed by atoms with Gasteiger partial charge >= 0.3 is 0 Å². The van der Waals surface area contributed by atoms with Gasteiger partial charge in [-0.15, -0.1) is 22.7 Å². The summed E-state index contributed by atoms with van der Waals surface area (Å²) in [6.07, 6.45) is 0. The molecule has 0 atom stereocenters. The molecule has 7 aromatic rings. The average molecular weight is 479 g/mol. The number of fused-ring (bicyclic) bond motifs is 6. The number of benzene rings is 4. The predicted octanol–water partition coefficient (Wildman–Crippen LogP) is 9.20. The van der Waals surface area contributed by atoms with Crippen LogP contribution in [0.4, 0.5) is 0 Å². The van der Waals surface area contributed by atoms with Crippen LogP contribution in [0.3, 0.4) is 0 Å². The first-order valence-corrected chi connectivity index (χ1v) is 12.6. The number of aromatic nitrogens is 2. The van der Waals surface area contributed by atoms with Gasteiger partial charge in [0.15, 0.2) is 0 Å². The first-order valence-electron chi connectivity index (χ1n) is 10.6. The van der Waals surface area contributed by atoms with Gasteiger partial charge < -0.3 is 0 Å². The molecule has 0 fully saturated rings. The van der Waals surface area contributed by atoms with E-state index in [2.05, 4.69) is 94.9 Å². The van der Waals surface area contributed by atoms with Crippen molar-refractivity contribution in [2.75, 3.05) is 0 Å². The highest BCUT2D eigenvalue weighted by Crippen LogP contribution is 2.38. The molecule has 0 aliphatic heterocycles. The van der Waals surface area contributed by atoms with E-state index in [1.165, 1.54) is 40.3 Å². The van der Waals surface area contributed by atoms with Crippen molar-refractivity contribution in [2.24, 2.45) is 0 Å². The van der Waals surface area contributed by atoms with Crippen LogP contribution in [0, 0.1) is 0 Å². The molecule has 0 aliphatic rings. The van der Waals surface area contributed by atoms with E-state index in [4.69, 9.17) is 11.6 Å². The van der Waals surface area contributed by atoms with E-state index in [1.807, 2.05) is 6.07 Å². The second-order valence-corrected chi connectivity index (χ2v) is 10.5. The highest BCUT2D eigenvalue weighted by molar-refractivity contribution is 7.26. The zero-order chi connectivity index (χ0) is 21.9. The second kappa shape index (κ2) is 7.35. The Kier molecular flexibility index (Phi) is 4.28. The van der Waals surface area contributed by atoms with Crippen LogP contribution in [-0.2, 0) is 0 Å². The van der Waals surface area contributed by atoms with E-state index in [9.17, 15) is 0 Å². The zero-order valence-electron chi connectivity index (χ0n) is 17.2. The van der Waals surface area contributed by atoms with Crippen LogP contribution in [0.25, 0.3) is 62.9 Å². The minimum absolute atomic E-state index is 0.260. The monoisotopic (exact) mass is 478 g/mol. The minimum Gasteiger partial charge on any atom is -0.218 e. The van der Waals surface area contributed by atoms with Crippen LogP contribution >= 0.6 is 34.3 Å². The molecule has 0 unspecified atom stereocenters. The van der Waals surface area contributed by atoms with E-state index in [-0.39, 0.29) is 5.28 Å². The first kappa shape index (κ1) is 19.2.